The van der Waals surface area contributed by atoms with E-state index < -0.39 is 19.6 Å². The third-order valence-electron chi connectivity index (χ3n) is 5.46. The van der Waals surface area contributed by atoms with E-state index in [1.165, 1.54) is 0 Å². The Kier molecular flexibility index (Phi) is 6.66. The van der Waals surface area contributed by atoms with Gasteiger partial charge in [0.15, 0.2) is 0 Å². The summed E-state index contributed by atoms with van der Waals surface area (Å²) in [4.78, 5) is 13.3. The van der Waals surface area contributed by atoms with Crippen molar-refractivity contribution >= 4 is 19.6 Å². The molecular formula is C26H32O3Si. The number of aliphatic hydroxyl groups is 1. The van der Waals surface area contributed by atoms with Crippen LogP contribution in [0, 0.1) is 0 Å². The van der Waals surface area contributed by atoms with Crippen LogP contribution in [0.5, 0.6) is 0 Å². The van der Waals surface area contributed by atoms with Crippen LogP contribution in [0.2, 0.25) is 25.7 Å². The van der Waals surface area contributed by atoms with E-state index in [-0.39, 0.29) is 5.76 Å². The van der Waals surface area contributed by atoms with Gasteiger partial charge >= 0.3 is 5.97 Å². The van der Waals surface area contributed by atoms with Gasteiger partial charge in [-0.2, -0.15) is 0 Å². The molecule has 2 aromatic rings. The number of esters is 1. The number of carbonyl (C=O) groups excluding carboxylic acids is 1. The molecule has 4 heteroatoms. The smallest absolute Gasteiger partial charge is 0.343 e. The Morgan fingerprint density at radius 1 is 1.07 bits per heavy atom. The molecule has 1 N–H and O–H groups in total. The number of hydrogen-bond donors (Lipinski definition) is 1. The van der Waals surface area contributed by atoms with E-state index in [0.717, 1.165) is 29.2 Å². The van der Waals surface area contributed by atoms with Crippen LogP contribution in [0.1, 0.15) is 37.3 Å². The number of hydrogen-bond acceptors (Lipinski definition) is 3. The van der Waals surface area contributed by atoms with Gasteiger partial charge in [-0.3, -0.25) is 0 Å². The number of cyclic esters (lactones) is 1. The molecule has 30 heavy (non-hydrogen) atoms. The molecular weight excluding hydrogens is 388 g/mol. The topological polar surface area (TPSA) is 46.5 Å². The van der Waals surface area contributed by atoms with E-state index in [0.29, 0.717) is 18.4 Å². The van der Waals surface area contributed by atoms with Gasteiger partial charge in [0, 0.05) is 8.07 Å². The van der Waals surface area contributed by atoms with Gasteiger partial charge in [-0.05, 0) is 29.2 Å². The molecule has 1 aliphatic rings. The van der Waals surface area contributed by atoms with Crippen molar-refractivity contribution in [1.82, 2.24) is 0 Å². The molecule has 0 saturated carbocycles. The molecule has 0 bridgehead atoms. The first-order valence-electron chi connectivity index (χ1n) is 10.7. The molecule has 3 nitrogen and oxygen atoms in total. The molecule has 0 fully saturated rings. The first-order valence-corrected chi connectivity index (χ1v) is 14.4. The Bertz CT molecular complexity index is 939. The molecule has 2 aromatic carbocycles. The highest BCUT2D eigenvalue weighted by Gasteiger charge is 2.43. The monoisotopic (exact) mass is 420 g/mol. The molecule has 1 unspecified atom stereocenters. The zero-order valence-electron chi connectivity index (χ0n) is 18.4. The molecule has 1 atom stereocenters. The van der Waals surface area contributed by atoms with Crippen molar-refractivity contribution in [2.75, 3.05) is 0 Å². The van der Waals surface area contributed by atoms with E-state index >= 15 is 0 Å². The summed E-state index contributed by atoms with van der Waals surface area (Å²) >= 11 is 0. The number of allylic oxidation sites excluding steroid dienone is 1. The van der Waals surface area contributed by atoms with Gasteiger partial charge in [0.05, 0.1) is 6.42 Å². The summed E-state index contributed by atoms with van der Waals surface area (Å²) in [7, 11) is -1.39. The number of carbonyl (C=O) groups is 1. The second-order valence-corrected chi connectivity index (χ2v) is 14.8. The van der Waals surface area contributed by atoms with Gasteiger partial charge in [0.2, 0.25) is 0 Å². The molecule has 1 aliphatic heterocycles. The summed E-state index contributed by atoms with van der Waals surface area (Å²) in [6.45, 7) is 8.95. The highest BCUT2D eigenvalue weighted by atomic mass is 28.3. The summed E-state index contributed by atoms with van der Waals surface area (Å²) in [5.41, 5.74) is 2.12. The Labute approximate surface area is 181 Å². The van der Waals surface area contributed by atoms with E-state index in [1.54, 1.807) is 0 Å². The van der Waals surface area contributed by atoms with Gasteiger partial charge in [0.25, 0.3) is 0 Å². The van der Waals surface area contributed by atoms with Crippen molar-refractivity contribution in [3.63, 3.8) is 0 Å². The van der Waals surface area contributed by atoms with Crippen molar-refractivity contribution < 1.29 is 14.6 Å². The second-order valence-electron chi connectivity index (χ2n) is 9.25. The van der Waals surface area contributed by atoms with Gasteiger partial charge in [-0.25, -0.2) is 4.79 Å². The Morgan fingerprint density at radius 2 is 1.67 bits per heavy atom. The molecule has 158 valence electrons. The maximum Gasteiger partial charge on any atom is 0.343 e. The maximum atomic E-state index is 13.3. The van der Waals surface area contributed by atoms with Crippen molar-refractivity contribution in [2.24, 2.45) is 0 Å². The molecule has 0 aromatic heterocycles. The van der Waals surface area contributed by atoms with Crippen LogP contribution in [-0.2, 0) is 15.1 Å². The average molecular weight is 421 g/mol. The predicted molar refractivity (Wildman–Crippen MR) is 126 cm³/mol. The number of aliphatic hydroxyl groups excluding tert-OH is 1. The van der Waals surface area contributed by atoms with Gasteiger partial charge in [-0.15, -0.1) is 0 Å². The van der Waals surface area contributed by atoms with E-state index in [9.17, 15) is 9.90 Å². The Morgan fingerprint density at radius 3 is 2.20 bits per heavy atom. The third-order valence-corrected chi connectivity index (χ3v) is 6.89. The van der Waals surface area contributed by atoms with E-state index in [2.05, 4.69) is 32.6 Å². The molecule has 0 amide bonds. The second kappa shape index (κ2) is 9.05. The summed E-state index contributed by atoms with van der Waals surface area (Å²) in [5.74, 6) is -0.323. The normalized spacial score (nSPS) is 20.3. The summed E-state index contributed by atoms with van der Waals surface area (Å²) < 4.78 is 6.13. The van der Waals surface area contributed by atoms with Gasteiger partial charge in [-0.1, -0.05) is 99.7 Å². The zero-order valence-corrected chi connectivity index (χ0v) is 19.4. The lowest BCUT2D eigenvalue weighted by Crippen LogP contribution is -2.38. The lowest BCUT2D eigenvalue weighted by atomic mass is 9.81. The van der Waals surface area contributed by atoms with Crippen LogP contribution in [0.3, 0.4) is 0 Å². The van der Waals surface area contributed by atoms with Crippen molar-refractivity contribution in [2.45, 2.75) is 57.5 Å². The molecule has 0 spiro atoms. The maximum absolute atomic E-state index is 13.3. The standard InChI is InChI=1S/C26H32O3Si/c1-5-17-26(21-14-10-7-11-15-21)19-23(27)24(25(28)29-26)22(16-18-30(2,3)4)20-12-8-6-9-13-20/h6-16,27H,5,17-19H2,1-4H3/b22-16+. The minimum Gasteiger partial charge on any atom is -0.511 e. The Hall–Kier alpha value is -2.59. The highest BCUT2D eigenvalue weighted by Crippen LogP contribution is 2.44. The van der Waals surface area contributed by atoms with Crippen LogP contribution < -0.4 is 0 Å². The number of benzene rings is 2. The first-order chi connectivity index (χ1) is 14.3. The summed E-state index contributed by atoms with van der Waals surface area (Å²) in [6, 6.07) is 20.5. The summed E-state index contributed by atoms with van der Waals surface area (Å²) in [6.07, 6.45) is 3.92. The first kappa shape index (κ1) is 22.1. The largest absolute Gasteiger partial charge is 0.511 e. The minimum absolute atomic E-state index is 0.120. The fraction of sp³-hybridized carbons (Fsp3) is 0.346. The van der Waals surface area contributed by atoms with Crippen LogP contribution in [0.4, 0.5) is 0 Å². The molecule has 0 saturated heterocycles. The van der Waals surface area contributed by atoms with E-state index in [4.69, 9.17) is 4.74 Å². The van der Waals surface area contributed by atoms with Crippen molar-refractivity contribution in [3.8, 4) is 0 Å². The van der Waals surface area contributed by atoms with Crippen LogP contribution in [-0.4, -0.2) is 19.1 Å². The Balaban J connectivity index is 2.09. The van der Waals surface area contributed by atoms with Crippen molar-refractivity contribution in [3.05, 3.63) is 89.2 Å². The summed E-state index contributed by atoms with van der Waals surface area (Å²) in [5, 5.41) is 11.2. The molecule has 0 radical (unpaired) electrons. The molecule has 3 rings (SSSR count). The SMILES string of the molecule is CCCC1(c2ccccc2)CC(O)=C(/C(=C/C[Si](C)(C)C)c2ccccc2)C(=O)O1. The fourth-order valence-corrected chi connectivity index (χ4v) is 4.80. The van der Waals surface area contributed by atoms with Gasteiger partial charge < -0.3 is 9.84 Å². The fourth-order valence-electron chi connectivity index (χ4n) is 3.99. The van der Waals surface area contributed by atoms with E-state index in [1.807, 2.05) is 60.7 Å². The van der Waals surface area contributed by atoms with Crippen LogP contribution in [0.15, 0.2) is 78.1 Å². The van der Waals surface area contributed by atoms with Crippen LogP contribution >= 0.6 is 0 Å². The molecule has 0 aliphatic carbocycles. The van der Waals surface area contributed by atoms with Crippen molar-refractivity contribution in [1.29, 1.82) is 0 Å². The lowest BCUT2D eigenvalue weighted by Gasteiger charge is -2.38. The van der Waals surface area contributed by atoms with Gasteiger partial charge in [0.1, 0.15) is 16.9 Å². The predicted octanol–water partition coefficient (Wildman–Crippen LogP) is 6.86. The molecule has 1 heterocycles. The van der Waals surface area contributed by atoms with Crippen LogP contribution in [0.25, 0.3) is 5.57 Å². The third kappa shape index (κ3) is 4.93. The lowest BCUT2D eigenvalue weighted by molar-refractivity contribution is -0.160. The average Bonchev–Trinajstić information content (AvgIpc) is 2.71. The zero-order chi connectivity index (χ0) is 21.8. The minimum atomic E-state index is -1.39. The highest BCUT2D eigenvalue weighted by molar-refractivity contribution is 6.76. The number of rotatable bonds is 7. The quantitative estimate of drug-likeness (QED) is 0.393. The number of ether oxygens (including phenoxy) is 1.